The zero-order valence-corrected chi connectivity index (χ0v) is 15.0. The van der Waals surface area contributed by atoms with Gasteiger partial charge in [0.15, 0.2) is 11.0 Å². The lowest BCUT2D eigenvalue weighted by molar-refractivity contribution is -0.127. The summed E-state index contributed by atoms with van der Waals surface area (Å²) in [6, 6.07) is 10.2. The summed E-state index contributed by atoms with van der Waals surface area (Å²) in [5, 5.41) is 17.9. The Morgan fingerprint density at radius 2 is 2.21 bits per heavy atom. The summed E-state index contributed by atoms with van der Waals surface area (Å²) < 4.78 is 2.02. The summed E-state index contributed by atoms with van der Waals surface area (Å²) in [4.78, 5) is 13.7. The Morgan fingerprint density at radius 1 is 1.42 bits per heavy atom. The molecule has 0 unspecified atom stereocenters. The van der Waals surface area contributed by atoms with E-state index in [9.17, 15) is 4.79 Å². The monoisotopic (exact) mass is 343 g/mol. The first-order valence-corrected chi connectivity index (χ1v) is 8.79. The fourth-order valence-corrected chi connectivity index (χ4v) is 3.20. The van der Waals surface area contributed by atoms with Gasteiger partial charge in [0.05, 0.1) is 18.2 Å². The molecule has 6 nitrogen and oxygen atoms in total. The van der Waals surface area contributed by atoms with Crippen molar-refractivity contribution in [2.24, 2.45) is 0 Å². The highest BCUT2D eigenvalue weighted by atomic mass is 32.2. The van der Waals surface area contributed by atoms with Crippen molar-refractivity contribution >= 4 is 17.7 Å². The molecule has 126 valence electrons. The van der Waals surface area contributed by atoms with Gasteiger partial charge in [0.1, 0.15) is 0 Å². The number of aromatic nitrogens is 3. The van der Waals surface area contributed by atoms with Crippen molar-refractivity contribution in [3.63, 3.8) is 0 Å². The lowest BCUT2D eigenvalue weighted by Crippen LogP contribution is -2.29. The van der Waals surface area contributed by atoms with Gasteiger partial charge in [-0.2, -0.15) is 5.26 Å². The molecule has 0 atom stereocenters. The van der Waals surface area contributed by atoms with E-state index in [-0.39, 0.29) is 11.7 Å². The van der Waals surface area contributed by atoms with Crippen LogP contribution >= 0.6 is 11.8 Å². The molecule has 0 aliphatic heterocycles. The molecule has 1 heterocycles. The number of aryl methyl sites for hydroxylation is 1. The summed E-state index contributed by atoms with van der Waals surface area (Å²) >= 11 is 1.38. The van der Waals surface area contributed by atoms with Crippen LogP contribution in [0, 0.1) is 18.3 Å². The van der Waals surface area contributed by atoms with Gasteiger partial charge >= 0.3 is 0 Å². The Hall–Kier alpha value is -2.33. The molecule has 2 aromatic rings. The number of benzene rings is 1. The van der Waals surface area contributed by atoms with Crippen LogP contribution in [-0.4, -0.2) is 44.9 Å². The van der Waals surface area contributed by atoms with Crippen LogP contribution < -0.4 is 0 Å². The first kappa shape index (κ1) is 18.0. The van der Waals surface area contributed by atoms with E-state index in [0.29, 0.717) is 13.0 Å². The zero-order valence-electron chi connectivity index (χ0n) is 14.2. The Balaban J connectivity index is 2.10. The van der Waals surface area contributed by atoms with E-state index < -0.39 is 0 Å². The molecule has 0 fully saturated rings. The highest BCUT2D eigenvalue weighted by molar-refractivity contribution is 7.99. The van der Waals surface area contributed by atoms with Crippen molar-refractivity contribution in [2.45, 2.75) is 32.0 Å². The summed E-state index contributed by atoms with van der Waals surface area (Å²) in [5.74, 6) is 1.08. The van der Waals surface area contributed by atoms with Gasteiger partial charge < -0.3 is 9.47 Å². The molecular formula is C17H21N5OS. The van der Waals surface area contributed by atoms with Crippen LogP contribution in [0.4, 0.5) is 0 Å². The Bertz CT molecular complexity index is 750. The number of hydrogen-bond donors (Lipinski definition) is 0. The average Bonchev–Trinajstić information content (AvgIpc) is 3.00. The van der Waals surface area contributed by atoms with E-state index >= 15 is 0 Å². The van der Waals surface area contributed by atoms with E-state index in [2.05, 4.69) is 16.3 Å². The van der Waals surface area contributed by atoms with Crippen LogP contribution in [-0.2, 0) is 11.3 Å². The van der Waals surface area contributed by atoms with Crippen LogP contribution in [0.25, 0.3) is 11.4 Å². The van der Waals surface area contributed by atoms with Crippen molar-refractivity contribution in [3.8, 4) is 17.5 Å². The molecule has 0 N–H and O–H groups in total. The summed E-state index contributed by atoms with van der Waals surface area (Å²) in [6.07, 6.45) is 0.343. The molecule has 2 rings (SSSR count). The third-order valence-electron chi connectivity index (χ3n) is 3.62. The lowest BCUT2D eigenvalue weighted by Gasteiger charge is -2.15. The molecule has 0 bridgehead atoms. The Morgan fingerprint density at radius 3 is 2.88 bits per heavy atom. The predicted molar refractivity (Wildman–Crippen MR) is 94.5 cm³/mol. The van der Waals surface area contributed by atoms with Gasteiger partial charge in [-0.3, -0.25) is 4.79 Å². The smallest absolute Gasteiger partial charge is 0.232 e. The largest absolute Gasteiger partial charge is 0.344 e. The minimum Gasteiger partial charge on any atom is -0.344 e. The molecule has 24 heavy (non-hydrogen) atoms. The number of rotatable bonds is 7. The van der Waals surface area contributed by atoms with Gasteiger partial charge in [-0.25, -0.2) is 0 Å². The predicted octanol–water partition coefficient (Wildman–Crippen LogP) is 2.74. The molecular weight excluding hydrogens is 322 g/mol. The summed E-state index contributed by atoms with van der Waals surface area (Å²) in [7, 11) is 1.71. The Kier molecular flexibility index (Phi) is 6.38. The van der Waals surface area contributed by atoms with Crippen LogP contribution in [0.3, 0.4) is 0 Å². The highest BCUT2D eigenvalue weighted by Crippen LogP contribution is 2.24. The van der Waals surface area contributed by atoms with Gasteiger partial charge in [0.25, 0.3) is 0 Å². The lowest BCUT2D eigenvalue weighted by atomic mass is 10.1. The third kappa shape index (κ3) is 4.36. The standard InChI is InChI=1S/C17H21N5OS/c1-4-22-16(14-8-5-7-13(2)11-14)19-20-17(22)24-12-15(23)21(3)10-6-9-18/h5,7-8,11H,4,6,10,12H2,1-3H3. The highest BCUT2D eigenvalue weighted by Gasteiger charge is 2.16. The first-order chi connectivity index (χ1) is 11.6. The second kappa shape index (κ2) is 8.50. The van der Waals surface area contributed by atoms with Gasteiger partial charge in [0.2, 0.25) is 5.91 Å². The van der Waals surface area contributed by atoms with Crippen molar-refractivity contribution in [1.29, 1.82) is 5.26 Å². The number of hydrogen-bond acceptors (Lipinski definition) is 5. The topological polar surface area (TPSA) is 74.8 Å². The van der Waals surface area contributed by atoms with E-state index in [1.54, 1.807) is 11.9 Å². The van der Waals surface area contributed by atoms with E-state index in [4.69, 9.17) is 5.26 Å². The molecule has 0 saturated carbocycles. The summed E-state index contributed by atoms with van der Waals surface area (Å²) in [5.41, 5.74) is 2.19. The zero-order chi connectivity index (χ0) is 17.5. The number of amides is 1. The molecule has 7 heteroatoms. The average molecular weight is 343 g/mol. The van der Waals surface area contributed by atoms with E-state index in [1.807, 2.05) is 42.7 Å². The van der Waals surface area contributed by atoms with E-state index in [0.717, 1.165) is 23.1 Å². The van der Waals surface area contributed by atoms with Gasteiger partial charge in [-0.15, -0.1) is 10.2 Å². The maximum atomic E-state index is 12.1. The fourth-order valence-electron chi connectivity index (χ4n) is 2.26. The molecule has 0 aliphatic rings. The van der Waals surface area contributed by atoms with Gasteiger partial charge in [-0.1, -0.05) is 35.5 Å². The molecule has 0 radical (unpaired) electrons. The second-order valence-electron chi connectivity index (χ2n) is 5.43. The van der Waals surface area contributed by atoms with Gasteiger partial charge in [0, 0.05) is 25.7 Å². The molecule has 1 aromatic heterocycles. The Labute approximate surface area is 146 Å². The quantitative estimate of drug-likeness (QED) is 0.723. The molecule has 1 aromatic carbocycles. The molecule has 0 aliphatic carbocycles. The minimum absolute atomic E-state index is 0.0157. The number of carbonyl (C=O) groups is 1. The molecule has 0 saturated heterocycles. The van der Waals surface area contributed by atoms with Crippen LogP contribution in [0.1, 0.15) is 18.9 Å². The third-order valence-corrected chi connectivity index (χ3v) is 4.57. The fraction of sp³-hybridized carbons (Fsp3) is 0.412. The number of nitrogens with zero attached hydrogens (tertiary/aromatic N) is 5. The first-order valence-electron chi connectivity index (χ1n) is 7.80. The molecule has 0 spiro atoms. The maximum absolute atomic E-state index is 12.1. The molecule has 1 amide bonds. The number of carbonyl (C=O) groups excluding carboxylic acids is 1. The van der Waals surface area contributed by atoms with Crippen molar-refractivity contribution in [3.05, 3.63) is 29.8 Å². The SMILES string of the molecule is CCn1c(SCC(=O)N(C)CCC#N)nnc1-c1cccc(C)c1. The number of thioether (sulfide) groups is 1. The van der Waals surface area contributed by atoms with Crippen LogP contribution in [0.15, 0.2) is 29.4 Å². The minimum atomic E-state index is -0.0157. The normalized spacial score (nSPS) is 10.4. The number of nitriles is 1. The van der Waals surface area contributed by atoms with Crippen LogP contribution in [0.2, 0.25) is 0 Å². The van der Waals surface area contributed by atoms with E-state index in [1.165, 1.54) is 17.3 Å². The summed E-state index contributed by atoms with van der Waals surface area (Å²) in [6.45, 7) is 5.26. The van der Waals surface area contributed by atoms with Crippen LogP contribution in [0.5, 0.6) is 0 Å². The second-order valence-corrected chi connectivity index (χ2v) is 6.37. The van der Waals surface area contributed by atoms with Crippen molar-refractivity contribution in [1.82, 2.24) is 19.7 Å². The van der Waals surface area contributed by atoms with Crippen molar-refractivity contribution < 1.29 is 4.79 Å². The maximum Gasteiger partial charge on any atom is 0.232 e. The van der Waals surface area contributed by atoms with Gasteiger partial charge in [-0.05, 0) is 19.9 Å². The van der Waals surface area contributed by atoms with Crippen molar-refractivity contribution in [2.75, 3.05) is 19.3 Å².